The van der Waals surface area contributed by atoms with Crippen LogP contribution in [0.5, 0.6) is 0 Å². The number of carboxylic acids is 1. The summed E-state index contributed by atoms with van der Waals surface area (Å²) in [6.07, 6.45) is 0.859. The van der Waals surface area contributed by atoms with Crippen molar-refractivity contribution in [2.24, 2.45) is 5.92 Å². The maximum Gasteiger partial charge on any atom is 0.326 e. The molecule has 0 unspecified atom stereocenters. The Morgan fingerprint density at radius 3 is 2.24 bits per heavy atom. The van der Waals surface area contributed by atoms with Gasteiger partial charge in [0, 0.05) is 12.1 Å². The summed E-state index contributed by atoms with van der Waals surface area (Å²) in [5.41, 5.74) is 2.22. The zero-order valence-corrected chi connectivity index (χ0v) is 17.1. The van der Waals surface area contributed by atoms with E-state index in [1.54, 1.807) is 18.2 Å². The Morgan fingerprint density at radius 1 is 1.00 bits per heavy atom. The van der Waals surface area contributed by atoms with Gasteiger partial charge in [-0.3, -0.25) is 9.69 Å². The summed E-state index contributed by atoms with van der Waals surface area (Å²) >= 11 is 0. The van der Waals surface area contributed by atoms with Crippen molar-refractivity contribution in [1.29, 1.82) is 0 Å². The van der Waals surface area contributed by atoms with Crippen LogP contribution in [-0.4, -0.2) is 40.5 Å². The normalized spacial score (nSPS) is 11.7. The van der Waals surface area contributed by atoms with Gasteiger partial charge in [-0.05, 0) is 42.0 Å². The van der Waals surface area contributed by atoms with E-state index < -0.39 is 23.9 Å². The molecule has 0 aliphatic heterocycles. The lowest BCUT2D eigenvalue weighted by Gasteiger charge is -2.24. The highest BCUT2D eigenvalue weighted by atomic mass is 16.4. The van der Waals surface area contributed by atoms with Gasteiger partial charge < -0.3 is 10.4 Å². The average molecular weight is 396 g/mol. The standard InChI is InChI=1S/C23H28N2O4/c1-4-13-25(23(29)24-20(22(27)28)14-16(2)3)21(26)19-12-8-11-18(15-19)17-9-6-5-7-10-17/h5-12,15-16,20H,4,13-14H2,1-3H3,(H,24,29)(H,27,28)/t20-/m0/s1. The third-order valence-electron chi connectivity index (χ3n) is 4.46. The molecular formula is C23H28N2O4. The minimum Gasteiger partial charge on any atom is -0.480 e. The number of urea groups is 1. The number of carbonyl (C=O) groups excluding carboxylic acids is 2. The second kappa shape index (κ2) is 10.4. The quantitative estimate of drug-likeness (QED) is 0.692. The second-order valence-corrected chi connectivity index (χ2v) is 7.37. The molecule has 0 aliphatic rings. The summed E-state index contributed by atoms with van der Waals surface area (Å²) in [5, 5.41) is 11.9. The van der Waals surface area contributed by atoms with Gasteiger partial charge in [0.2, 0.25) is 0 Å². The Labute approximate surface area is 171 Å². The molecule has 0 saturated heterocycles. The SMILES string of the molecule is CCCN(C(=O)N[C@@H](CC(C)C)C(=O)O)C(=O)c1cccc(-c2ccccc2)c1. The van der Waals surface area contributed by atoms with Crippen molar-refractivity contribution in [2.75, 3.05) is 6.54 Å². The monoisotopic (exact) mass is 396 g/mol. The van der Waals surface area contributed by atoms with E-state index in [4.69, 9.17) is 0 Å². The van der Waals surface area contributed by atoms with Crippen LogP contribution in [0.4, 0.5) is 4.79 Å². The van der Waals surface area contributed by atoms with Crippen LogP contribution in [0.25, 0.3) is 11.1 Å². The van der Waals surface area contributed by atoms with Gasteiger partial charge >= 0.3 is 12.0 Å². The van der Waals surface area contributed by atoms with E-state index >= 15 is 0 Å². The average Bonchev–Trinajstić information content (AvgIpc) is 2.71. The molecule has 3 amide bonds. The molecule has 0 aromatic heterocycles. The maximum atomic E-state index is 13.1. The van der Waals surface area contributed by atoms with Crippen molar-refractivity contribution in [3.05, 3.63) is 60.2 Å². The fourth-order valence-electron chi connectivity index (χ4n) is 3.06. The van der Waals surface area contributed by atoms with Crippen molar-refractivity contribution in [2.45, 2.75) is 39.7 Å². The molecule has 1 atom stereocenters. The minimum atomic E-state index is -1.11. The minimum absolute atomic E-state index is 0.0919. The number of amides is 3. The zero-order chi connectivity index (χ0) is 21.4. The topological polar surface area (TPSA) is 86.7 Å². The third-order valence-corrected chi connectivity index (χ3v) is 4.46. The number of hydrogen-bond acceptors (Lipinski definition) is 3. The fourth-order valence-corrected chi connectivity index (χ4v) is 3.06. The molecule has 6 heteroatoms. The number of carboxylic acid groups (broad SMARTS) is 1. The van der Waals surface area contributed by atoms with Gasteiger partial charge in [-0.25, -0.2) is 9.59 Å². The molecular weight excluding hydrogens is 368 g/mol. The summed E-state index contributed by atoms with van der Waals surface area (Å²) in [6, 6.07) is 15.0. The second-order valence-electron chi connectivity index (χ2n) is 7.37. The zero-order valence-electron chi connectivity index (χ0n) is 17.1. The number of benzene rings is 2. The van der Waals surface area contributed by atoms with E-state index in [2.05, 4.69) is 5.32 Å². The molecule has 2 rings (SSSR count). The van der Waals surface area contributed by atoms with Crippen LogP contribution in [0.3, 0.4) is 0 Å². The van der Waals surface area contributed by atoms with Crippen LogP contribution in [-0.2, 0) is 4.79 Å². The van der Waals surface area contributed by atoms with Crippen molar-refractivity contribution in [3.8, 4) is 11.1 Å². The van der Waals surface area contributed by atoms with Crippen LogP contribution in [0.15, 0.2) is 54.6 Å². The first kappa shape index (κ1) is 22.1. The van der Waals surface area contributed by atoms with Crippen molar-refractivity contribution in [3.63, 3.8) is 0 Å². The highest BCUT2D eigenvalue weighted by Crippen LogP contribution is 2.21. The van der Waals surface area contributed by atoms with Crippen LogP contribution in [0.1, 0.15) is 44.0 Å². The Balaban J connectivity index is 2.24. The molecule has 2 aromatic rings. The predicted octanol–water partition coefficient (Wildman–Crippen LogP) is 4.41. The van der Waals surface area contributed by atoms with Crippen molar-refractivity contribution in [1.82, 2.24) is 10.2 Å². The van der Waals surface area contributed by atoms with E-state index in [-0.39, 0.29) is 12.5 Å². The molecule has 0 fully saturated rings. The van der Waals surface area contributed by atoms with Crippen LogP contribution < -0.4 is 5.32 Å². The van der Waals surface area contributed by atoms with E-state index in [0.29, 0.717) is 18.4 Å². The van der Waals surface area contributed by atoms with Crippen molar-refractivity contribution >= 4 is 17.9 Å². The molecule has 0 radical (unpaired) electrons. The summed E-state index contributed by atoms with van der Waals surface area (Å²) in [6.45, 7) is 5.82. The van der Waals surface area contributed by atoms with Gasteiger partial charge in [-0.15, -0.1) is 0 Å². The Hall–Kier alpha value is -3.15. The number of nitrogens with one attached hydrogen (secondary N) is 1. The molecule has 2 aromatic carbocycles. The summed E-state index contributed by atoms with van der Waals surface area (Å²) in [5.74, 6) is -1.47. The first-order valence-corrected chi connectivity index (χ1v) is 9.84. The molecule has 0 bridgehead atoms. The molecule has 0 aliphatic carbocycles. The number of rotatable bonds is 8. The smallest absolute Gasteiger partial charge is 0.326 e. The van der Waals surface area contributed by atoms with Gasteiger partial charge in [-0.1, -0.05) is 63.2 Å². The number of imide groups is 1. The lowest BCUT2D eigenvalue weighted by molar-refractivity contribution is -0.139. The number of nitrogens with zero attached hydrogens (tertiary/aromatic N) is 1. The van der Waals surface area contributed by atoms with Gasteiger partial charge in [-0.2, -0.15) is 0 Å². The van der Waals surface area contributed by atoms with Gasteiger partial charge in [0.15, 0.2) is 0 Å². The van der Waals surface area contributed by atoms with E-state index in [1.807, 2.05) is 57.2 Å². The lowest BCUT2D eigenvalue weighted by Crippen LogP contribution is -2.50. The summed E-state index contributed by atoms with van der Waals surface area (Å²) in [4.78, 5) is 38.3. The van der Waals surface area contributed by atoms with Gasteiger partial charge in [0.25, 0.3) is 5.91 Å². The fraction of sp³-hybridized carbons (Fsp3) is 0.348. The molecule has 154 valence electrons. The predicted molar refractivity (Wildman–Crippen MR) is 113 cm³/mol. The molecule has 0 saturated carbocycles. The number of aliphatic carboxylic acids is 1. The first-order chi connectivity index (χ1) is 13.8. The van der Waals surface area contributed by atoms with E-state index in [9.17, 15) is 19.5 Å². The summed E-state index contributed by atoms with van der Waals surface area (Å²) < 4.78 is 0. The Morgan fingerprint density at radius 2 is 1.66 bits per heavy atom. The third kappa shape index (κ3) is 6.17. The Bertz CT molecular complexity index is 849. The van der Waals surface area contributed by atoms with Gasteiger partial charge in [0.1, 0.15) is 6.04 Å². The Kier molecular flexibility index (Phi) is 7.95. The maximum absolute atomic E-state index is 13.1. The molecule has 2 N–H and O–H groups in total. The van der Waals surface area contributed by atoms with Crippen LogP contribution >= 0.6 is 0 Å². The molecule has 6 nitrogen and oxygen atoms in total. The van der Waals surface area contributed by atoms with Gasteiger partial charge in [0.05, 0.1) is 0 Å². The van der Waals surface area contributed by atoms with E-state index in [1.165, 1.54) is 0 Å². The largest absolute Gasteiger partial charge is 0.480 e. The number of hydrogen-bond donors (Lipinski definition) is 2. The highest BCUT2D eigenvalue weighted by molar-refractivity contribution is 6.05. The molecule has 0 spiro atoms. The summed E-state index contributed by atoms with van der Waals surface area (Å²) in [7, 11) is 0. The van der Waals surface area contributed by atoms with Crippen LogP contribution in [0.2, 0.25) is 0 Å². The first-order valence-electron chi connectivity index (χ1n) is 9.84. The number of carbonyl (C=O) groups is 3. The van der Waals surface area contributed by atoms with Crippen molar-refractivity contribution < 1.29 is 19.5 Å². The molecule has 29 heavy (non-hydrogen) atoms. The van der Waals surface area contributed by atoms with Crippen LogP contribution in [0, 0.1) is 5.92 Å². The molecule has 0 heterocycles. The van der Waals surface area contributed by atoms with E-state index in [0.717, 1.165) is 16.0 Å². The lowest BCUT2D eigenvalue weighted by atomic mass is 10.0. The highest BCUT2D eigenvalue weighted by Gasteiger charge is 2.27.